The number of carbonyl (C=O) groups is 8. The number of rotatable bonds is 2. The van der Waals surface area contributed by atoms with Crippen LogP contribution in [0, 0.1) is 0 Å². The molecule has 0 heterocycles. The lowest BCUT2D eigenvalue weighted by atomic mass is 10.7. The quantitative estimate of drug-likeness (QED) is 0.172. The van der Waals surface area contributed by atoms with Gasteiger partial charge in [0, 0.05) is 81.6 Å². The smallest absolute Gasteiger partial charge is 0.300 e. The molecule has 244 valence electrons. The van der Waals surface area contributed by atoms with Crippen LogP contribution in [-0.2, 0) is 38.4 Å². The second kappa shape index (κ2) is 70.1. The van der Waals surface area contributed by atoms with Crippen molar-refractivity contribution in [3.63, 3.8) is 0 Å². The lowest BCUT2D eigenvalue weighted by Crippen LogP contribution is -2.11. The minimum Gasteiger partial charge on any atom is -0.481 e. The van der Waals surface area contributed by atoms with E-state index in [1.807, 2.05) is 0 Å². The van der Waals surface area contributed by atoms with Gasteiger partial charge in [-0.05, 0) is 0 Å². The van der Waals surface area contributed by atoms with Crippen LogP contribution in [0.3, 0.4) is 0 Å². The molecule has 40 heavy (non-hydrogen) atoms. The highest BCUT2D eigenvalue weighted by Crippen LogP contribution is 1.44. The minimum absolute atomic E-state index is 0.597. The second-order valence-corrected chi connectivity index (χ2v) is 5.31. The molecule has 0 saturated carbocycles. The highest BCUT2D eigenvalue weighted by Gasteiger charge is 1.68. The van der Waals surface area contributed by atoms with Crippen molar-refractivity contribution in [3.05, 3.63) is 0 Å². The van der Waals surface area contributed by atoms with Crippen molar-refractivity contribution in [3.8, 4) is 0 Å². The molecule has 0 unspecified atom stereocenters. The van der Waals surface area contributed by atoms with Gasteiger partial charge >= 0.3 is 0 Å². The van der Waals surface area contributed by atoms with E-state index in [9.17, 15) is 0 Å². The van der Waals surface area contributed by atoms with Crippen LogP contribution in [0.25, 0.3) is 0 Å². The van der Waals surface area contributed by atoms with Gasteiger partial charge < -0.3 is 63.8 Å². The van der Waals surface area contributed by atoms with Gasteiger partial charge in [-0.25, -0.2) is 0 Å². The number of hydrogen-bond donors (Lipinski definition) is 12. The first-order valence-corrected chi connectivity index (χ1v) is 10.1. The number of carboxylic acid groups (broad SMARTS) is 8. The molecule has 0 aromatic carbocycles. The third kappa shape index (κ3) is 6200. The summed E-state index contributed by atoms with van der Waals surface area (Å²) in [6.45, 7) is 11.1. The first-order valence-electron chi connectivity index (χ1n) is 10.1. The Bertz CT molecular complexity index is 431. The molecule has 0 radical (unpaired) electrons. The molecule has 0 bridgehead atoms. The molecule has 0 fully saturated rings. The summed E-state index contributed by atoms with van der Waals surface area (Å²) in [5, 5.41) is 59.3. The van der Waals surface area contributed by atoms with E-state index in [-0.39, 0.29) is 0 Å². The van der Waals surface area contributed by atoms with Crippen LogP contribution in [0.4, 0.5) is 0 Å². The molecule has 0 amide bonds. The summed E-state index contributed by atoms with van der Waals surface area (Å²) in [6, 6.07) is 0. The van der Waals surface area contributed by atoms with Gasteiger partial charge in [-0.15, -0.1) is 0 Å². The summed E-state index contributed by atoms with van der Waals surface area (Å²) in [5.74, 6) is -6.67. The average molecular weight is 601 g/mol. The predicted octanol–water partition coefficient (Wildman–Crippen LogP) is -1.47. The molecule has 0 aliphatic heterocycles. The van der Waals surface area contributed by atoms with Gasteiger partial charge in [0.25, 0.3) is 47.8 Å². The predicted molar refractivity (Wildman–Crippen MR) is 143 cm³/mol. The van der Waals surface area contributed by atoms with Crippen LogP contribution in [-0.4, -0.2) is 115 Å². The first-order chi connectivity index (χ1) is 17.7. The van der Waals surface area contributed by atoms with E-state index in [0.717, 1.165) is 55.4 Å². The monoisotopic (exact) mass is 600 g/mol. The van der Waals surface area contributed by atoms with Crippen molar-refractivity contribution in [2.24, 2.45) is 22.9 Å². The minimum atomic E-state index is -0.833. The van der Waals surface area contributed by atoms with Gasteiger partial charge in [-0.2, -0.15) is 0 Å². The fraction of sp³-hybridized carbons (Fsp3) is 0.600. The lowest BCUT2D eigenvalue weighted by Gasteiger charge is -1.72. The van der Waals surface area contributed by atoms with Crippen LogP contribution in [0.1, 0.15) is 55.4 Å². The van der Waals surface area contributed by atoms with Crippen molar-refractivity contribution in [2.45, 2.75) is 55.4 Å². The Morgan fingerprint density at radius 1 is 0.300 bits per heavy atom. The lowest BCUT2D eigenvalue weighted by molar-refractivity contribution is -0.135. The van der Waals surface area contributed by atoms with Crippen LogP contribution >= 0.6 is 0 Å². The van der Waals surface area contributed by atoms with E-state index in [4.69, 9.17) is 102 Å². The van der Waals surface area contributed by atoms with Gasteiger partial charge in [0.15, 0.2) is 0 Å². The Hall–Kier alpha value is -4.40. The van der Waals surface area contributed by atoms with Crippen molar-refractivity contribution < 1.29 is 79.2 Å². The summed E-state index contributed by atoms with van der Waals surface area (Å²) in [5.41, 5.74) is 19.6. The maximum Gasteiger partial charge on any atom is 0.300 e. The van der Waals surface area contributed by atoms with Crippen LogP contribution in [0.15, 0.2) is 0 Å². The van der Waals surface area contributed by atoms with Crippen LogP contribution in [0.5, 0.6) is 0 Å². The molecule has 20 heteroatoms. The molecule has 0 saturated heterocycles. The van der Waals surface area contributed by atoms with E-state index >= 15 is 0 Å². The van der Waals surface area contributed by atoms with Gasteiger partial charge in [0.05, 0.1) is 0 Å². The molecular formula is C20H48N4O16. The van der Waals surface area contributed by atoms with Crippen molar-refractivity contribution in [1.29, 1.82) is 0 Å². The standard InChI is InChI=1S/2C2H8N2.8C2H4O2/c2*3-1-2-4;8*1-2(3)4/h2*1-4H2;8*1H3,(H,3,4). The summed E-state index contributed by atoms with van der Waals surface area (Å²) < 4.78 is 0. The van der Waals surface area contributed by atoms with Crippen LogP contribution < -0.4 is 22.9 Å². The van der Waals surface area contributed by atoms with Crippen molar-refractivity contribution in [1.82, 2.24) is 0 Å². The summed E-state index contributed by atoms with van der Waals surface area (Å²) in [7, 11) is 0. The Morgan fingerprint density at radius 3 is 0.325 bits per heavy atom. The maximum absolute atomic E-state index is 9.00. The highest BCUT2D eigenvalue weighted by atomic mass is 16.4. The zero-order chi connectivity index (χ0) is 35.4. The fourth-order valence-corrected chi connectivity index (χ4v) is 0. The largest absolute Gasteiger partial charge is 0.481 e. The van der Waals surface area contributed by atoms with Gasteiger partial charge in [0.1, 0.15) is 0 Å². The zero-order valence-electron chi connectivity index (χ0n) is 24.0. The molecule has 16 N–H and O–H groups in total. The van der Waals surface area contributed by atoms with Gasteiger partial charge in [-0.1, -0.05) is 0 Å². The number of nitrogens with two attached hydrogens (primary N) is 4. The van der Waals surface area contributed by atoms with E-state index in [1.165, 1.54) is 0 Å². The Morgan fingerprint density at radius 2 is 0.325 bits per heavy atom. The Labute approximate surface area is 232 Å². The SMILES string of the molecule is CC(=O)O.CC(=O)O.CC(=O)O.CC(=O)O.CC(=O)O.CC(=O)O.CC(=O)O.CC(=O)O.NCCN.NCCN. The van der Waals surface area contributed by atoms with E-state index < -0.39 is 47.8 Å². The third-order valence-corrected chi connectivity index (χ3v) is 0.333. The summed E-state index contributed by atoms with van der Waals surface area (Å²) >= 11 is 0. The molecule has 0 atom stereocenters. The number of carboxylic acids is 8. The Balaban J connectivity index is -0.0000000312. The molecule has 0 spiro atoms. The maximum atomic E-state index is 9.00. The summed E-state index contributed by atoms with van der Waals surface area (Å²) in [4.78, 5) is 72.0. The molecule has 0 rings (SSSR count). The third-order valence-electron chi connectivity index (χ3n) is 0.333. The molecular weight excluding hydrogens is 552 g/mol. The topological polar surface area (TPSA) is 402 Å². The average Bonchev–Trinajstić information content (AvgIpc) is 2.64. The highest BCUT2D eigenvalue weighted by molar-refractivity contribution is 5.64. The van der Waals surface area contributed by atoms with Gasteiger partial charge in [-0.3, -0.25) is 38.4 Å². The molecule has 0 aromatic rings. The molecule has 0 aliphatic rings. The number of aliphatic carboxylic acids is 8. The fourth-order valence-electron chi connectivity index (χ4n) is 0. The van der Waals surface area contributed by atoms with E-state index in [0.29, 0.717) is 26.2 Å². The Kier molecular flexibility index (Phi) is 114. The van der Waals surface area contributed by atoms with E-state index in [1.54, 1.807) is 0 Å². The van der Waals surface area contributed by atoms with E-state index in [2.05, 4.69) is 0 Å². The second-order valence-electron chi connectivity index (χ2n) is 5.31. The molecule has 0 aliphatic carbocycles. The first kappa shape index (κ1) is 65.0. The number of hydrogen-bond acceptors (Lipinski definition) is 12. The van der Waals surface area contributed by atoms with Crippen LogP contribution in [0.2, 0.25) is 0 Å². The van der Waals surface area contributed by atoms with Gasteiger partial charge in [0.2, 0.25) is 0 Å². The zero-order valence-corrected chi connectivity index (χ0v) is 24.0. The summed E-state index contributed by atoms with van der Waals surface area (Å²) in [6.07, 6.45) is 0. The van der Waals surface area contributed by atoms with Crippen molar-refractivity contribution in [2.75, 3.05) is 26.2 Å². The van der Waals surface area contributed by atoms with Crippen molar-refractivity contribution >= 4 is 47.8 Å². The normalized spacial score (nSPS) is 6.50. The molecule has 0 aromatic heterocycles. The molecule has 20 nitrogen and oxygen atoms in total.